The Hall–Kier alpha value is -1.39. The second-order valence-corrected chi connectivity index (χ2v) is 5.75. The van der Waals surface area contributed by atoms with Gasteiger partial charge >= 0.3 is 0 Å². The number of hydrogen-bond donors (Lipinski definition) is 2. The fourth-order valence-corrected chi connectivity index (χ4v) is 3.40. The first kappa shape index (κ1) is 12.6. The first-order chi connectivity index (χ1) is 9.20. The third kappa shape index (κ3) is 1.86. The Morgan fingerprint density at radius 1 is 1.47 bits per heavy atom. The minimum absolute atomic E-state index is 0.233. The van der Waals surface area contributed by atoms with Crippen molar-refractivity contribution in [3.05, 3.63) is 30.1 Å². The van der Waals surface area contributed by atoms with Crippen LogP contribution in [-0.2, 0) is 7.05 Å². The van der Waals surface area contributed by atoms with Crippen LogP contribution in [0.1, 0.15) is 30.9 Å². The van der Waals surface area contributed by atoms with E-state index in [1.165, 1.54) is 30.3 Å². The average molecular weight is 258 g/mol. The molecule has 4 heteroatoms. The van der Waals surface area contributed by atoms with Crippen LogP contribution in [0.2, 0.25) is 0 Å². The molecule has 1 saturated carbocycles. The molecule has 3 rings (SSSR count). The zero-order valence-corrected chi connectivity index (χ0v) is 11.7. The molecule has 102 valence electrons. The van der Waals surface area contributed by atoms with Gasteiger partial charge in [-0.2, -0.15) is 0 Å². The van der Waals surface area contributed by atoms with E-state index in [1.54, 1.807) is 0 Å². The monoisotopic (exact) mass is 258 g/mol. The quantitative estimate of drug-likeness (QED) is 0.881. The van der Waals surface area contributed by atoms with Crippen molar-refractivity contribution >= 4 is 11.0 Å². The Bertz CT molecular complexity index is 577. The van der Waals surface area contributed by atoms with Crippen LogP contribution >= 0.6 is 0 Å². The summed E-state index contributed by atoms with van der Waals surface area (Å²) in [5, 5.41) is 3.47. The van der Waals surface area contributed by atoms with Crippen molar-refractivity contribution in [2.75, 3.05) is 13.6 Å². The van der Waals surface area contributed by atoms with E-state index < -0.39 is 0 Å². The van der Waals surface area contributed by atoms with Gasteiger partial charge in [-0.05, 0) is 44.1 Å². The maximum atomic E-state index is 6.04. The van der Waals surface area contributed by atoms with E-state index in [2.05, 4.69) is 33.1 Å². The Labute approximate surface area is 114 Å². The van der Waals surface area contributed by atoms with Crippen molar-refractivity contribution in [2.24, 2.45) is 18.2 Å². The van der Waals surface area contributed by atoms with Crippen LogP contribution in [0.15, 0.2) is 24.5 Å². The molecule has 1 aromatic carbocycles. The summed E-state index contributed by atoms with van der Waals surface area (Å²) in [5.41, 5.74) is 9.81. The van der Waals surface area contributed by atoms with Crippen molar-refractivity contribution in [1.29, 1.82) is 0 Å². The third-order valence-corrected chi connectivity index (χ3v) is 4.74. The lowest BCUT2D eigenvalue weighted by molar-refractivity contribution is 0.0880. The second-order valence-electron chi connectivity index (χ2n) is 5.75. The van der Waals surface area contributed by atoms with Crippen LogP contribution in [0.25, 0.3) is 11.0 Å². The van der Waals surface area contributed by atoms with E-state index in [9.17, 15) is 0 Å². The lowest BCUT2D eigenvalue weighted by Crippen LogP contribution is -2.47. The van der Waals surface area contributed by atoms with Crippen molar-refractivity contribution < 1.29 is 0 Å². The molecule has 0 aliphatic heterocycles. The summed E-state index contributed by atoms with van der Waals surface area (Å²) >= 11 is 0. The zero-order valence-electron chi connectivity index (χ0n) is 11.7. The number of aryl methyl sites for hydroxylation is 1. The molecule has 3 N–H and O–H groups in total. The van der Waals surface area contributed by atoms with E-state index in [0.717, 1.165) is 12.1 Å². The largest absolute Gasteiger partial charge is 0.334 e. The smallest absolute Gasteiger partial charge is 0.0955 e. The lowest BCUT2D eigenvalue weighted by atomic mass is 9.62. The van der Waals surface area contributed by atoms with Crippen LogP contribution < -0.4 is 11.1 Å². The Morgan fingerprint density at radius 3 is 2.84 bits per heavy atom. The Kier molecular flexibility index (Phi) is 3.07. The molecule has 1 heterocycles. The van der Waals surface area contributed by atoms with Gasteiger partial charge in [-0.15, -0.1) is 0 Å². The van der Waals surface area contributed by atoms with Gasteiger partial charge in [0.05, 0.1) is 17.4 Å². The van der Waals surface area contributed by atoms with Gasteiger partial charge in [0.25, 0.3) is 0 Å². The fraction of sp³-hybridized carbons (Fsp3) is 0.533. The lowest BCUT2D eigenvalue weighted by Gasteiger charge is -2.47. The van der Waals surface area contributed by atoms with Gasteiger partial charge in [0.2, 0.25) is 0 Å². The Morgan fingerprint density at radius 2 is 2.26 bits per heavy atom. The average Bonchev–Trinajstić information content (AvgIpc) is 2.75. The molecule has 1 aromatic heterocycles. The number of nitrogens with two attached hydrogens (primary N) is 1. The molecule has 1 unspecified atom stereocenters. The molecule has 4 nitrogen and oxygen atoms in total. The van der Waals surface area contributed by atoms with Gasteiger partial charge < -0.3 is 15.6 Å². The molecule has 19 heavy (non-hydrogen) atoms. The summed E-state index contributed by atoms with van der Waals surface area (Å²) < 4.78 is 2.05. The molecule has 1 aliphatic rings. The SMILES string of the molecule is CNC(c1ccc2c(c1)ncn2C)C1(CN)CCC1. The number of fused-ring (bicyclic) bond motifs is 1. The molecule has 0 saturated heterocycles. The third-order valence-electron chi connectivity index (χ3n) is 4.74. The molecule has 0 bridgehead atoms. The zero-order chi connectivity index (χ0) is 13.5. The summed E-state index contributed by atoms with van der Waals surface area (Å²) in [6.45, 7) is 0.749. The van der Waals surface area contributed by atoms with Crippen LogP contribution in [0, 0.1) is 5.41 Å². The number of nitrogens with zero attached hydrogens (tertiary/aromatic N) is 2. The summed E-state index contributed by atoms with van der Waals surface area (Å²) in [6.07, 6.45) is 5.59. The molecule has 1 fully saturated rings. The highest BCUT2D eigenvalue weighted by Gasteiger charge is 2.43. The minimum Gasteiger partial charge on any atom is -0.334 e. The van der Waals surface area contributed by atoms with Crippen molar-refractivity contribution in [3.8, 4) is 0 Å². The molecule has 1 aliphatic carbocycles. The number of hydrogen-bond acceptors (Lipinski definition) is 3. The molecule has 0 spiro atoms. The normalized spacial score (nSPS) is 19.3. The van der Waals surface area contributed by atoms with Crippen molar-refractivity contribution in [1.82, 2.24) is 14.9 Å². The number of benzene rings is 1. The highest BCUT2D eigenvalue weighted by atomic mass is 15.0. The molecule has 2 aromatic rings. The van der Waals surface area contributed by atoms with Crippen LogP contribution in [0.5, 0.6) is 0 Å². The van der Waals surface area contributed by atoms with Crippen LogP contribution in [0.4, 0.5) is 0 Å². The number of nitrogens with one attached hydrogen (secondary N) is 1. The van der Waals surface area contributed by atoms with E-state index in [0.29, 0.717) is 6.04 Å². The maximum Gasteiger partial charge on any atom is 0.0955 e. The van der Waals surface area contributed by atoms with E-state index in [1.807, 2.05) is 20.4 Å². The predicted molar refractivity (Wildman–Crippen MR) is 77.9 cm³/mol. The predicted octanol–water partition coefficient (Wildman–Crippen LogP) is 1.96. The van der Waals surface area contributed by atoms with E-state index in [4.69, 9.17) is 5.73 Å². The van der Waals surface area contributed by atoms with Gasteiger partial charge in [-0.1, -0.05) is 12.5 Å². The highest BCUT2D eigenvalue weighted by molar-refractivity contribution is 5.76. The Balaban J connectivity index is 2.01. The van der Waals surface area contributed by atoms with Gasteiger partial charge in [0.1, 0.15) is 0 Å². The molecular weight excluding hydrogens is 236 g/mol. The first-order valence-electron chi connectivity index (χ1n) is 6.98. The van der Waals surface area contributed by atoms with Crippen molar-refractivity contribution in [3.63, 3.8) is 0 Å². The molecular formula is C15H22N4. The van der Waals surface area contributed by atoms with E-state index in [-0.39, 0.29) is 5.41 Å². The highest BCUT2D eigenvalue weighted by Crippen LogP contribution is 2.49. The number of rotatable bonds is 4. The molecule has 0 radical (unpaired) electrons. The fourth-order valence-electron chi connectivity index (χ4n) is 3.40. The molecule has 1 atom stereocenters. The summed E-state index contributed by atoms with van der Waals surface area (Å²) in [4.78, 5) is 4.45. The van der Waals surface area contributed by atoms with Gasteiger partial charge in [-0.25, -0.2) is 4.98 Å². The van der Waals surface area contributed by atoms with Crippen LogP contribution in [-0.4, -0.2) is 23.1 Å². The maximum absolute atomic E-state index is 6.04. The minimum atomic E-state index is 0.233. The van der Waals surface area contributed by atoms with Gasteiger partial charge in [0.15, 0.2) is 0 Å². The van der Waals surface area contributed by atoms with E-state index >= 15 is 0 Å². The number of imidazole rings is 1. The number of aromatic nitrogens is 2. The second kappa shape index (κ2) is 4.62. The van der Waals surface area contributed by atoms with Crippen molar-refractivity contribution in [2.45, 2.75) is 25.3 Å². The summed E-state index contributed by atoms with van der Waals surface area (Å²) in [6, 6.07) is 6.90. The van der Waals surface area contributed by atoms with Crippen LogP contribution in [0.3, 0.4) is 0 Å². The summed E-state index contributed by atoms with van der Waals surface area (Å²) in [7, 11) is 4.06. The first-order valence-corrected chi connectivity index (χ1v) is 6.98. The van der Waals surface area contributed by atoms with Gasteiger partial charge in [-0.3, -0.25) is 0 Å². The molecule has 0 amide bonds. The summed E-state index contributed by atoms with van der Waals surface area (Å²) in [5.74, 6) is 0. The van der Waals surface area contributed by atoms with Gasteiger partial charge in [0, 0.05) is 18.5 Å². The topological polar surface area (TPSA) is 55.9 Å². The standard InChI is InChI=1S/C15H22N4/c1-17-14(15(9-16)6-3-7-15)11-4-5-13-12(8-11)18-10-19(13)2/h4-5,8,10,14,17H,3,6-7,9,16H2,1-2H3.